The van der Waals surface area contributed by atoms with Crippen molar-refractivity contribution in [3.63, 3.8) is 0 Å². The molecule has 3 rings (SSSR count). The zero-order valence-corrected chi connectivity index (χ0v) is 15.7. The van der Waals surface area contributed by atoms with Gasteiger partial charge < -0.3 is 4.42 Å². The number of rotatable bonds is 8. The van der Waals surface area contributed by atoms with E-state index in [4.69, 9.17) is 9.68 Å². The van der Waals surface area contributed by atoms with Crippen molar-refractivity contribution in [1.29, 1.82) is 5.26 Å². The molecular weight excluding hydrogens is 414 g/mol. The second-order valence-corrected chi connectivity index (χ2v) is 8.43. The number of aromatic nitrogens is 4. The molecule has 0 aliphatic heterocycles. The van der Waals surface area contributed by atoms with E-state index in [0.29, 0.717) is 15.6 Å². The molecule has 0 amide bonds. The average molecular weight is 426 g/mol. The van der Waals surface area contributed by atoms with Crippen LogP contribution in [-0.4, -0.2) is 34.3 Å². The Labute approximate surface area is 162 Å². The number of nitriles is 1. The largest absolute Gasteiger partial charge is 0.414 e. The van der Waals surface area contributed by atoms with Crippen LogP contribution in [0, 0.1) is 11.3 Å². The van der Waals surface area contributed by atoms with Crippen molar-refractivity contribution in [2.75, 3.05) is 10.1 Å². The number of halogens is 2. The van der Waals surface area contributed by atoms with Crippen molar-refractivity contribution in [2.45, 2.75) is 19.4 Å². The molecule has 0 aliphatic rings. The van der Waals surface area contributed by atoms with Gasteiger partial charge in [-0.1, -0.05) is 0 Å². The van der Waals surface area contributed by atoms with Gasteiger partial charge in [0.1, 0.15) is 9.88 Å². The first kappa shape index (κ1) is 19.8. The Hall–Kier alpha value is -2.98. The van der Waals surface area contributed by atoms with Gasteiger partial charge in [-0.15, -0.1) is 21.5 Å². The summed E-state index contributed by atoms with van der Waals surface area (Å²) >= 11 is 1.03. The van der Waals surface area contributed by atoms with E-state index in [1.54, 1.807) is 12.1 Å². The van der Waals surface area contributed by atoms with Crippen molar-refractivity contribution < 1.29 is 21.6 Å². The lowest BCUT2D eigenvalue weighted by atomic mass is 10.4. The molecule has 0 atom stereocenters. The van der Waals surface area contributed by atoms with E-state index in [9.17, 15) is 17.2 Å². The van der Waals surface area contributed by atoms with Gasteiger partial charge in [0.25, 0.3) is 11.8 Å². The second kappa shape index (κ2) is 8.36. The summed E-state index contributed by atoms with van der Waals surface area (Å²) in [5.41, 5.74) is 0.315. The van der Waals surface area contributed by atoms with E-state index in [1.165, 1.54) is 18.6 Å². The van der Waals surface area contributed by atoms with Crippen LogP contribution in [0.25, 0.3) is 10.8 Å². The summed E-state index contributed by atoms with van der Waals surface area (Å²) in [7, 11) is -3.81. The first-order valence-electron chi connectivity index (χ1n) is 7.74. The van der Waals surface area contributed by atoms with Gasteiger partial charge >= 0.3 is 6.43 Å². The molecule has 0 radical (unpaired) electrons. The van der Waals surface area contributed by atoms with Crippen molar-refractivity contribution in [3.8, 4) is 16.8 Å². The summed E-state index contributed by atoms with van der Waals surface area (Å²) in [4.78, 5) is 8.37. The number of alkyl halides is 2. The molecule has 0 bridgehead atoms. The average Bonchev–Trinajstić information content (AvgIpc) is 3.34. The minimum absolute atomic E-state index is 0.125. The van der Waals surface area contributed by atoms with Gasteiger partial charge in [-0.2, -0.15) is 14.0 Å². The molecule has 13 heteroatoms. The van der Waals surface area contributed by atoms with Gasteiger partial charge in [0, 0.05) is 6.20 Å². The van der Waals surface area contributed by atoms with E-state index < -0.39 is 22.3 Å². The van der Waals surface area contributed by atoms with Crippen LogP contribution in [0.2, 0.25) is 0 Å². The number of pyridine rings is 1. The quantitative estimate of drug-likeness (QED) is 0.538. The van der Waals surface area contributed by atoms with Gasteiger partial charge in [0.2, 0.25) is 10.0 Å². The maximum Gasteiger partial charge on any atom is 0.314 e. The van der Waals surface area contributed by atoms with E-state index in [1.807, 2.05) is 6.07 Å². The molecule has 9 nitrogen and oxygen atoms in total. The van der Waals surface area contributed by atoms with Crippen LogP contribution in [0.3, 0.4) is 0 Å². The third-order valence-electron chi connectivity index (χ3n) is 3.41. The van der Waals surface area contributed by atoms with Gasteiger partial charge in [0.15, 0.2) is 0 Å². The van der Waals surface area contributed by atoms with Gasteiger partial charge in [-0.25, -0.2) is 13.4 Å². The Morgan fingerprint density at radius 3 is 2.79 bits per heavy atom. The molecule has 0 unspecified atom stereocenters. The smallest absolute Gasteiger partial charge is 0.314 e. The predicted molar refractivity (Wildman–Crippen MR) is 94.8 cm³/mol. The monoisotopic (exact) mass is 426 g/mol. The lowest BCUT2D eigenvalue weighted by Gasteiger charge is -2.22. The molecule has 3 heterocycles. The minimum Gasteiger partial charge on any atom is -0.414 e. The van der Waals surface area contributed by atoms with Crippen LogP contribution in [0.4, 0.5) is 14.5 Å². The highest BCUT2D eigenvalue weighted by Gasteiger charge is 2.25. The summed E-state index contributed by atoms with van der Waals surface area (Å²) in [6.07, 6.45) is 1.17. The Morgan fingerprint density at radius 1 is 1.32 bits per heavy atom. The van der Waals surface area contributed by atoms with Crippen LogP contribution < -0.4 is 4.31 Å². The van der Waals surface area contributed by atoms with E-state index >= 15 is 0 Å². The fraction of sp³-hybridized carbons (Fsp3) is 0.267. The highest BCUT2D eigenvalue weighted by atomic mass is 32.2. The van der Waals surface area contributed by atoms with E-state index in [2.05, 4.69) is 20.2 Å². The number of thiazole rings is 1. The Bertz CT molecular complexity index is 1080. The molecule has 0 fully saturated rings. The molecule has 3 aromatic rings. The molecular formula is C15H12F2N6O3S2. The zero-order valence-electron chi connectivity index (χ0n) is 14.1. The maximum absolute atomic E-state index is 12.6. The molecule has 0 aromatic carbocycles. The third-order valence-corrected chi connectivity index (χ3v) is 6.11. The van der Waals surface area contributed by atoms with Crippen molar-refractivity contribution in [3.05, 3.63) is 41.6 Å². The van der Waals surface area contributed by atoms with E-state index in [0.717, 1.165) is 15.6 Å². The number of hydrogen-bond donors (Lipinski definition) is 0. The summed E-state index contributed by atoms with van der Waals surface area (Å²) in [5, 5.41) is 15.9. The Kier molecular flexibility index (Phi) is 5.90. The maximum atomic E-state index is 12.6. The first-order valence-corrected chi connectivity index (χ1v) is 10.2. The minimum atomic E-state index is -3.81. The van der Waals surface area contributed by atoms with Crippen molar-refractivity contribution in [1.82, 2.24) is 20.2 Å². The number of sulfonamides is 1. The molecule has 0 spiro atoms. The predicted octanol–water partition coefficient (Wildman–Crippen LogP) is 2.78. The second-order valence-electron chi connectivity index (χ2n) is 5.31. The number of anilines is 1. The fourth-order valence-corrected chi connectivity index (χ4v) is 4.39. The number of hydrogen-bond acceptors (Lipinski definition) is 9. The molecule has 0 saturated heterocycles. The lowest BCUT2D eigenvalue weighted by molar-refractivity contribution is 0.116. The summed E-state index contributed by atoms with van der Waals surface area (Å²) < 4.78 is 56.4. The van der Waals surface area contributed by atoms with Gasteiger partial charge in [-0.05, 0) is 12.1 Å². The molecule has 0 aliphatic carbocycles. The highest BCUT2D eigenvalue weighted by molar-refractivity contribution is 7.92. The number of nitrogens with zero attached hydrogens (tertiary/aromatic N) is 6. The topological polar surface area (TPSA) is 126 Å². The summed E-state index contributed by atoms with van der Waals surface area (Å²) in [6, 6.07) is 4.96. The van der Waals surface area contributed by atoms with Crippen LogP contribution in [0.15, 0.2) is 35.1 Å². The highest BCUT2D eigenvalue weighted by Crippen LogP contribution is 2.29. The molecule has 3 aromatic heterocycles. The Balaban J connectivity index is 1.87. The van der Waals surface area contributed by atoms with Crippen LogP contribution in [-0.2, 0) is 16.6 Å². The van der Waals surface area contributed by atoms with Crippen LogP contribution in [0.1, 0.15) is 23.7 Å². The summed E-state index contributed by atoms with van der Waals surface area (Å²) in [6.45, 7) is -0.125. The molecule has 28 heavy (non-hydrogen) atoms. The standard InChI is InChI=1S/C15H12F2N6O3S2/c16-13(17)15-22-21-14(26-15)11-8-20-12(27-11)9-23(10-3-1-5-19-7-10)28(24,25)6-2-4-18/h1,3,5,7-8,13H,2,6,9H2. The molecule has 0 saturated carbocycles. The molecule has 146 valence electrons. The normalized spacial score (nSPS) is 11.5. The lowest BCUT2D eigenvalue weighted by Crippen LogP contribution is -2.32. The zero-order chi connectivity index (χ0) is 20.1. The fourth-order valence-electron chi connectivity index (χ4n) is 2.16. The third kappa shape index (κ3) is 4.46. The Morgan fingerprint density at radius 2 is 2.14 bits per heavy atom. The van der Waals surface area contributed by atoms with Gasteiger partial charge in [0.05, 0.1) is 42.9 Å². The van der Waals surface area contributed by atoms with E-state index in [-0.39, 0.29) is 24.6 Å². The molecule has 0 N–H and O–H groups in total. The SMILES string of the molecule is N#CCCS(=O)(=O)N(Cc1ncc(-c2nnc(C(F)F)o2)s1)c1cccnc1. The van der Waals surface area contributed by atoms with Crippen molar-refractivity contribution >= 4 is 27.0 Å². The van der Waals surface area contributed by atoms with Gasteiger partial charge in [-0.3, -0.25) is 9.29 Å². The van der Waals surface area contributed by atoms with Crippen LogP contribution in [0.5, 0.6) is 0 Å². The van der Waals surface area contributed by atoms with Crippen molar-refractivity contribution in [2.24, 2.45) is 0 Å². The van der Waals surface area contributed by atoms with Crippen LogP contribution >= 0.6 is 11.3 Å². The first-order chi connectivity index (χ1) is 13.4. The summed E-state index contributed by atoms with van der Waals surface area (Å²) in [5.74, 6) is -1.29.